The Morgan fingerprint density at radius 3 is 2.95 bits per heavy atom. The van der Waals surface area contributed by atoms with E-state index in [1.807, 2.05) is 36.2 Å². The summed E-state index contributed by atoms with van der Waals surface area (Å²) in [5.41, 5.74) is 0.879. The number of fused-ring (bicyclic) bond motifs is 2. The molecule has 0 spiro atoms. The first-order chi connectivity index (χ1) is 9.85. The van der Waals surface area contributed by atoms with Gasteiger partial charge in [-0.15, -0.1) is 0 Å². The van der Waals surface area contributed by atoms with Crippen LogP contribution in [-0.2, 0) is 13.1 Å². The van der Waals surface area contributed by atoms with Crippen LogP contribution >= 0.6 is 0 Å². The van der Waals surface area contributed by atoms with Crippen molar-refractivity contribution in [2.45, 2.75) is 13.1 Å². The molecule has 3 aromatic rings. The summed E-state index contributed by atoms with van der Waals surface area (Å²) in [7, 11) is 1.87. The van der Waals surface area contributed by atoms with Gasteiger partial charge in [-0.3, -0.25) is 0 Å². The molecular weight excluding hydrogens is 254 g/mol. The quantitative estimate of drug-likeness (QED) is 0.751. The lowest BCUT2D eigenvalue weighted by Gasteiger charge is -2.29. The maximum absolute atomic E-state index is 4.67. The Morgan fingerprint density at radius 1 is 1.15 bits per heavy atom. The van der Waals surface area contributed by atoms with E-state index in [0.29, 0.717) is 0 Å². The molecule has 0 aromatic carbocycles. The van der Waals surface area contributed by atoms with Crippen molar-refractivity contribution in [2.75, 3.05) is 23.8 Å². The maximum Gasteiger partial charge on any atom is 0.180 e. The number of nitrogens with one attached hydrogen (secondary N) is 1. The van der Waals surface area contributed by atoms with Crippen molar-refractivity contribution in [2.24, 2.45) is 0 Å². The molecule has 1 aliphatic rings. The molecule has 0 saturated carbocycles. The maximum atomic E-state index is 4.67. The summed E-state index contributed by atoms with van der Waals surface area (Å²) in [5, 5.41) is 3.10. The van der Waals surface area contributed by atoms with E-state index in [9.17, 15) is 0 Å². The van der Waals surface area contributed by atoms with Crippen LogP contribution in [-0.4, -0.2) is 37.5 Å². The lowest BCUT2D eigenvalue weighted by molar-refractivity contribution is 0.556. The summed E-state index contributed by atoms with van der Waals surface area (Å²) in [6.07, 6.45) is 9.55. The Hall–Kier alpha value is -2.57. The first-order valence-corrected chi connectivity index (χ1v) is 6.61. The van der Waals surface area contributed by atoms with Gasteiger partial charge in [-0.1, -0.05) is 0 Å². The second-order valence-corrected chi connectivity index (χ2v) is 4.82. The third-order valence-electron chi connectivity index (χ3n) is 3.66. The van der Waals surface area contributed by atoms with Crippen LogP contribution in [0.3, 0.4) is 0 Å². The lowest BCUT2D eigenvalue weighted by Crippen LogP contribution is -2.34. The van der Waals surface area contributed by atoms with Gasteiger partial charge in [0.25, 0.3) is 0 Å². The third kappa shape index (κ3) is 1.63. The summed E-state index contributed by atoms with van der Waals surface area (Å²) in [5.74, 6) is 2.80. The van der Waals surface area contributed by atoms with Gasteiger partial charge in [0.15, 0.2) is 11.5 Å². The van der Waals surface area contributed by atoms with E-state index in [4.69, 9.17) is 0 Å². The van der Waals surface area contributed by atoms with E-state index >= 15 is 0 Å². The molecule has 0 amide bonds. The number of nitrogens with zero attached hydrogens (tertiary/aromatic N) is 6. The van der Waals surface area contributed by atoms with Crippen LogP contribution in [0.4, 0.5) is 11.6 Å². The zero-order valence-electron chi connectivity index (χ0n) is 11.2. The number of aromatic nitrogens is 5. The minimum Gasteiger partial charge on any atom is -0.372 e. The molecule has 1 aliphatic heterocycles. The van der Waals surface area contributed by atoms with Crippen molar-refractivity contribution in [3.05, 3.63) is 36.8 Å². The molecule has 20 heavy (non-hydrogen) atoms. The summed E-state index contributed by atoms with van der Waals surface area (Å²) in [6.45, 7) is 2.59. The molecule has 0 unspecified atom stereocenters. The van der Waals surface area contributed by atoms with Gasteiger partial charge in [-0.05, 0) is 0 Å². The summed E-state index contributed by atoms with van der Waals surface area (Å²) in [6, 6.07) is 0. The Morgan fingerprint density at radius 2 is 2.05 bits per heavy atom. The monoisotopic (exact) mass is 269 g/mol. The fourth-order valence-electron chi connectivity index (χ4n) is 2.60. The molecular formula is C13H15N7. The zero-order chi connectivity index (χ0) is 13.5. The van der Waals surface area contributed by atoms with E-state index in [1.165, 1.54) is 0 Å². The largest absolute Gasteiger partial charge is 0.372 e. The first-order valence-electron chi connectivity index (χ1n) is 6.61. The Kier molecular flexibility index (Phi) is 2.38. The summed E-state index contributed by atoms with van der Waals surface area (Å²) >= 11 is 0. The normalized spacial score (nSPS) is 14.6. The Bertz CT molecular complexity index is 757. The number of anilines is 2. The van der Waals surface area contributed by atoms with Crippen LogP contribution < -0.4 is 10.2 Å². The van der Waals surface area contributed by atoms with Gasteiger partial charge in [0.2, 0.25) is 0 Å². The fraction of sp³-hybridized carbons (Fsp3) is 0.308. The van der Waals surface area contributed by atoms with Crippen LogP contribution in [0.25, 0.3) is 5.65 Å². The van der Waals surface area contributed by atoms with E-state index in [-0.39, 0.29) is 0 Å². The summed E-state index contributed by atoms with van der Waals surface area (Å²) in [4.78, 5) is 15.7. The first kappa shape index (κ1) is 11.3. The van der Waals surface area contributed by atoms with Crippen molar-refractivity contribution in [1.29, 1.82) is 0 Å². The van der Waals surface area contributed by atoms with Gasteiger partial charge >= 0.3 is 0 Å². The lowest BCUT2D eigenvalue weighted by atomic mass is 10.3. The second kappa shape index (κ2) is 4.22. The van der Waals surface area contributed by atoms with E-state index in [1.54, 1.807) is 6.20 Å². The second-order valence-electron chi connectivity index (χ2n) is 4.82. The molecule has 4 heterocycles. The highest BCUT2D eigenvalue weighted by Crippen LogP contribution is 2.24. The minimum absolute atomic E-state index is 0.760. The van der Waals surface area contributed by atoms with Crippen LogP contribution in [0, 0.1) is 0 Å². The highest BCUT2D eigenvalue weighted by atomic mass is 15.3. The van der Waals surface area contributed by atoms with Gasteiger partial charge in [0.1, 0.15) is 11.6 Å². The van der Waals surface area contributed by atoms with Crippen LogP contribution in [0.5, 0.6) is 0 Å². The molecule has 0 bridgehead atoms. The third-order valence-corrected chi connectivity index (χ3v) is 3.66. The summed E-state index contributed by atoms with van der Waals surface area (Å²) < 4.78 is 4.18. The molecule has 3 aromatic heterocycles. The van der Waals surface area contributed by atoms with Gasteiger partial charge in [-0.25, -0.2) is 15.0 Å². The Balaban J connectivity index is 1.80. The number of rotatable bonds is 2. The van der Waals surface area contributed by atoms with Crippen LogP contribution in [0.15, 0.2) is 31.0 Å². The van der Waals surface area contributed by atoms with Gasteiger partial charge < -0.3 is 19.2 Å². The highest BCUT2D eigenvalue weighted by molar-refractivity contribution is 5.66. The molecule has 1 N–H and O–H groups in total. The van der Waals surface area contributed by atoms with E-state index in [2.05, 4.69) is 29.7 Å². The Labute approximate surface area is 115 Å². The molecule has 0 atom stereocenters. The average Bonchev–Trinajstić information content (AvgIpc) is 3.13. The molecule has 7 heteroatoms. The average molecular weight is 269 g/mol. The molecule has 0 radical (unpaired) electrons. The highest BCUT2D eigenvalue weighted by Gasteiger charge is 2.21. The zero-order valence-corrected chi connectivity index (χ0v) is 11.2. The van der Waals surface area contributed by atoms with Gasteiger partial charge in [0.05, 0.1) is 12.7 Å². The predicted molar refractivity (Wildman–Crippen MR) is 75.8 cm³/mol. The predicted octanol–water partition coefficient (Wildman–Crippen LogP) is 0.988. The molecule has 0 fully saturated rings. The van der Waals surface area contributed by atoms with Crippen molar-refractivity contribution in [3.8, 4) is 0 Å². The van der Waals surface area contributed by atoms with Crippen molar-refractivity contribution in [3.63, 3.8) is 0 Å². The van der Waals surface area contributed by atoms with Crippen molar-refractivity contribution >= 4 is 17.3 Å². The number of hydrogen-bond acceptors (Lipinski definition) is 5. The molecule has 0 aliphatic carbocycles. The van der Waals surface area contributed by atoms with E-state index in [0.717, 1.165) is 42.7 Å². The van der Waals surface area contributed by atoms with Crippen molar-refractivity contribution in [1.82, 2.24) is 23.9 Å². The van der Waals surface area contributed by atoms with Crippen LogP contribution in [0.1, 0.15) is 5.82 Å². The molecule has 4 rings (SSSR count). The van der Waals surface area contributed by atoms with E-state index < -0.39 is 0 Å². The smallest absolute Gasteiger partial charge is 0.180 e. The SMILES string of the molecule is CNc1cn2ccnc2c(N2CCn3ccnc3C2)n1. The minimum atomic E-state index is 0.760. The van der Waals surface area contributed by atoms with Gasteiger partial charge in [0, 0.05) is 44.9 Å². The molecule has 102 valence electrons. The fourth-order valence-corrected chi connectivity index (χ4v) is 2.60. The topological polar surface area (TPSA) is 63.3 Å². The van der Waals surface area contributed by atoms with Crippen molar-refractivity contribution < 1.29 is 0 Å². The standard InChI is InChI=1S/C13H15N7/c1-14-10-8-19-5-3-16-12(19)13(17-10)20-7-6-18-4-2-15-11(18)9-20/h2-5,8,14H,6-7,9H2,1H3. The number of hydrogen-bond donors (Lipinski definition) is 1. The molecule has 7 nitrogen and oxygen atoms in total. The number of imidazole rings is 2. The molecule has 0 saturated heterocycles. The van der Waals surface area contributed by atoms with Gasteiger partial charge in [-0.2, -0.15) is 0 Å². The van der Waals surface area contributed by atoms with Crippen LogP contribution in [0.2, 0.25) is 0 Å².